The van der Waals surface area contributed by atoms with Crippen LogP contribution < -0.4 is 5.32 Å². The highest BCUT2D eigenvalue weighted by molar-refractivity contribution is 5.94. The van der Waals surface area contributed by atoms with Gasteiger partial charge in [0.2, 0.25) is 0 Å². The molecule has 0 aliphatic rings. The molecule has 0 spiro atoms. The second-order valence-corrected chi connectivity index (χ2v) is 7.24. The van der Waals surface area contributed by atoms with Crippen molar-refractivity contribution in [2.75, 3.05) is 11.9 Å². The van der Waals surface area contributed by atoms with Gasteiger partial charge in [-0.05, 0) is 30.3 Å². The van der Waals surface area contributed by atoms with Crippen LogP contribution in [0, 0.1) is 0 Å². The van der Waals surface area contributed by atoms with Gasteiger partial charge < -0.3 is 19.0 Å². The van der Waals surface area contributed by atoms with Crippen LogP contribution in [0.15, 0.2) is 94.2 Å². The van der Waals surface area contributed by atoms with Gasteiger partial charge in [-0.15, -0.1) is 0 Å². The number of aromatic nitrogens is 3. The van der Waals surface area contributed by atoms with E-state index in [-0.39, 0.29) is 5.82 Å². The third-order valence-corrected chi connectivity index (χ3v) is 4.87. The smallest absolute Gasteiger partial charge is 0.331 e. The van der Waals surface area contributed by atoms with Crippen LogP contribution in [0.5, 0.6) is 0 Å². The lowest BCUT2D eigenvalue weighted by atomic mass is 10.2. The van der Waals surface area contributed by atoms with Crippen molar-refractivity contribution in [3.8, 4) is 17.1 Å². The van der Waals surface area contributed by atoms with Crippen molar-refractivity contribution in [3.63, 3.8) is 0 Å². The van der Waals surface area contributed by atoms with E-state index >= 15 is 0 Å². The van der Waals surface area contributed by atoms with Gasteiger partial charge in [0.05, 0.1) is 5.69 Å². The number of ether oxygens (including phenoxy) is 1. The summed E-state index contributed by atoms with van der Waals surface area (Å²) in [5.74, 6) is -0.412. The van der Waals surface area contributed by atoms with Gasteiger partial charge in [-0.1, -0.05) is 41.6 Å². The molecule has 0 unspecified atom stereocenters. The highest BCUT2D eigenvalue weighted by atomic mass is 16.5. The van der Waals surface area contributed by atoms with Crippen LogP contribution in [-0.4, -0.2) is 33.4 Å². The molecule has 0 bridgehead atoms. The Morgan fingerprint density at radius 2 is 1.88 bits per heavy atom. The molecule has 0 fully saturated rings. The van der Waals surface area contributed by atoms with E-state index < -0.39 is 18.5 Å². The van der Waals surface area contributed by atoms with Crippen molar-refractivity contribution < 1.29 is 23.3 Å². The van der Waals surface area contributed by atoms with Crippen LogP contribution in [0.2, 0.25) is 0 Å². The van der Waals surface area contributed by atoms with Gasteiger partial charge in [0.25, 0.3) is 5.91 Å². The fourth-order valence-electron chi connectivity index (χ4n) is 3.31. The van der Waals surface area contributed by atoms with Gasteiger partial charge in [0, 0.05) is 29.3 Å². The number of anilines is 1. The van der Waals surface area contributed by atoms with Crippen LogP contribution in [0.25, 0.3) is 34.2 Å². The number of carbonyl (C=O) groups excluding carboxylic acids is 2. The number of hydrogen-bond donors (Lipinski definition) is 1. The maximum Gasteiger partial charge on any atom is 0.331 e. The summed E-state index contributed by atoms with van der Waals surface area (Å²) in [5, 5.41) is 11.6. The summed E-state index contributed by atoms with van der Waals surface area (Å²) in [4.78, 5) is 24.1. The van der Waals surface area contributed by atoms with Gasteiger partial charge in [-0.3, -0.25) is 4.79 Å². The van der Waals surface area contributed by atoms with E-state index in [2.05, 4.69) is 20.1 Å². The third-order valence-electron chi connectivity index (χ3n) is 4.87. The number of benzene rings is 2. The molecule has 5 aromatic rings. The first-order chi connectivity index (χ1) is 16.7. The number of amides is 1. The molecule has 0 saturated heterocycles. The van der Waals surface area contributed by atoms with Gasteiger partial charge >= 0.3 is 5.97 Å². The van der Waals surface area contributed by atoms with Gasteiger partial charge in [0.1, 0.15) is 17.5 Å². The summed E-state index contributed by atoms with van der Waals surface area (Å²) in [6.45, 7) is -0.463. The zero-order chi connectivity index (χ0) is 23.3. The maximum absolute atomic E-state index is 12.2. The normalized spacial score (nSPS) is 11.2. The van der Waals surface area contributed by atoms with E-state index in [1.54, 1.807) is 17.0 Å². The molecule has 34 heavy (non-hydrogen) atoms. The minimum absolute atomic E-state index is 0.236. The highest BCUT2D eigenvalue weighted by Crippen LogP contribution is 2.30. The van der Waals surface area contributed by atoms with Crippen molar-refractivity contribution in [1.29, 1.82) is 0 Å². The average molecular weight is 454 g/mol. The quantitative estimate of drug-likeness (QED) is 0.285. The van der Waals surface area contributed by atoms with Crippen LogP contribution in [0.4, 0.5) is 5.82 Å². The Kier molecular flexibility index (Phi) is 5.73. The van der Waals surface area contributed by atoms with Crippen molar-refractivity contribution in [2.45, 2.75) is 0 Å². The van der Waals surface area contributed by atoms with Gasteiger partial charge in [0.15, 0.2) is 18.2 Å². The number of para-hydroxylation sites is 2. The summed E-state index contributed by atoms with van der Waals surface area (Å²) in [6.07, 6.45) is 5.92. The molecule has 5 rings (SSSR count). The largest absolute Gasteiger partial charge is 0.454 e. The second kappa shape index (κ2) is 9.29. The number of furan rings is 1. The summed E-state index contributed by atoms with van der Waals surface area (Å²) in [5.41, 5.74) is 2.80. The Morgan fingerprint density at radius 3 is 2.68 bits per heavy atom. The van der Waals surface area contributed by atoms with Crippen molar-refractivity contribution in [2.24, 2.45) is 0 Å². The zero-order valence-electron chi connectivity index (χ0n) is 17.8. The molecule has 1 N–H and O–H groups in total. The molecule has 0 atom stereocenters. The van der Waals surface area contributed by atoms with E-state index in [0.717, 1.165) is 16.7 Å². The summed E-state index contributed by atoms with van der Waals surface area (Å²) >= 11 is 0. The number of esters is 1. The van der Waals surface area contributed by atoms with E-state index in [9.17, 15) is 9.59 Å². The Labute approximate surface area is 193 Å². The fraction of sp³-hybridized carbons (Fsp3) is 0.0400. The van der Waals surface area contributed by atoms with Crippen LogP contribution in [0.3, 0.4) is 0 Å². The minimum atomic E-state index is -0.682. The Hall–Kier alpha value is -4.92. The monoisotopic (exact) mass is 454 g/mol. The van der Waals surface area contributed by atoms with Crippen LogP contribution >= 0.6 is 0 Å². The molecule has 2 aromatic carbocycles. The Balaban J connectivity index is 1.37. The minimum Gasteiger partial charge on any atom is -0.454 e. The lowest BCUT2D eigenvalue weighted by molar-refractivity contribution is -0.142. The lowest BCUT2D eigenvalue weighted by Crippen LogP contribution is -2.20. The van der Waals surface area contributed by atoms with E-state index in [4.69, 9.17) is 9.15 Å². The van der Waals surface area contributed by atoms with Crippen molar-refractivity contribution >= 4 is 34.7 Å². The number of nitrogens with one attached hydrogen (secondary N) is 1. The number of fused-ring (bicyclic) bond motifs is 1. The Morgan fingerprint density at radius 1 is 1.06 bits per heavy atom. The number of rotatable bonds is 7. The Bertz CT molecular complexity index is 1430. The number of hydrogen-bond acceptors (Lipinski definition) is 7. The first-order valence-electron chi connectivity index (χ1n) is 10.3. The predicted octanol–water partition coefficient (Wildman–Crippen LogP) is 4.47. The zero-order valence-corrected chi connectivity index (χ0v) is 17.8. The molecule has 0 saturated carbocycles. The lowest BCUT2D eigenvalue weighted by Gasteiger charge is -2.01. The van der Waals surface area contributed by atoms with Crippen molar-refractivity contribution in [3.05, 3.63) is 90.8 Å². The fourth-order valence-corrected chi connectivity index (χ4v) is 3.31. The molecule has 9 heteroatoms. The van der Waals surface area contributed by atoms with E-state index in [1.807, 2.05) is 60.7 Å². The van der Waals surface area contributed by atoms with Crippen molar-refractivity contribution in [1.82, 2.24) is 14.9 Å². The summed E-state index contributed by atoms with van der Waals surface area (Å²) in [7, 11) is 0. The standard InChI is InChI=1S/C25H18N4O5/c30-23(26-22-12-13-33-28-22)16-32-24(31)11-10-18-15-29(19-7-2-1-3-8-19)27-25(18)21-14-17-6-4-5-9-20(17)34-21/h1-15H,16H2,(H,26,28,30)/b11-10-. The second-order valence-electron chi connectivity index (χ2n) is 7.24. The molecule has 1 amide bonds. The molecule has 3 aromatic heterocycles. The van der Waals surface area contributed by atoms with Crippen LogP contribution in [-0.2, 0) is 14.3 Å². The average Bonchev–Trinajstić information content (AvgIpc) is 3.61. The molecule has 0 aliphatic carbocycles. The molecule has 168 valence electrons. The third kappa shape index (κ3) is 4.63. The summed E-state index contributed by atoms with van der Waals surface area (Å²) in [6, 6.07) is 20.6. The maximum atomic E-state index is 12.2. The molecule has 9 nitrogen and oxygen atoms in total. The molecule has 3 heterocycles. The number of nitrogens with zero attached hydrogens (tertiary/aromatic N) is 3. The highest BCUT2D eigenvalue weighted by Gasteiger charge is 2.15. The molecular formula is C25H18N4O5. The topological polar surface area (TPSA) is 112 Å². The van der Waals surface area contributed by atoms with E-state index in [1.165, 1.54) is 18.4 Å². The molecule has 0 radical (unpaired) electrons. The summed E-state index contributed by atoms with van der Waals surface area (Å²) < 4.78 is 17.3. The first-order valence-corrected chi connectivity index (χ1v) is 10.3. The number of carbonyl (C=O) groups is 2. The van der Waals surface area contributed by atoms with Gasteiger partial charge in [-0.2, -0.15) is 5.10 Å². The van der Waals surface area contributed by atoms with Crippen LogP contribution in [0.1, 0.15) is 5.56 Å². The molecular weight excluding hydrogens is 436 g/mol. The SMILES string of the molecule is O=C(COC(=O)/C=C\c1cn(-c2ccccc2)nc1-c1cc2ccccc2o1)Nc1ccon1. The first kappa shape index (κ1) is 21.0. The van der Waals surface area contributed by atoms with E-state index in [0.29, 0.717) is 17.0 Å². The predicted molar refractivity (Wildman–Crippen MR) is 124 cm³/mol. The van der Waals surface area contributed by atoms with Gasteiger partial charge in [-0.25, -0.2) is 9.48 Å². The molecule has 0 aliphatic heterocycles.